The Morgan fingerprint density at radius 3 is 2.67 bits per heavy atom. The third-order valence-corrected chi connectivity index (χ3v) is 0.938. The third-order valence-electron chi connectivity index (χ3n) is 0.938. The molecule has 5 N–H and O–H groups in total. The van der Waals surface area contributed by atoms with Gasteiger partial charge < -0.3 is 15.9 Å². The zero-order chi connectivity index (χ0) is 7.11. The summed E-state index contributed by atoms with van der Waals surface area (Å²) in [4.78, 5) is 0. The van der Waals surface area contributed by atoms with Crippen LogP contribution in [-0.4, -0.2) is 36.1 Å². The average Bonchev–Trinajstić information content (AvgIpc) is 1.89. The van der Waals surface area contributed by atoms with Crippen LogP contribution in [0.15, 0.2) is 0 Å². The summed E-state index contributed by atoms with van der Waals surface area (Å²) in [6.45, 7) is 0.963. The van der Waals surface area contributed by atoms with Crippen LogP contribution >= 0.6 is 0 Å². The maximum atomic E-state index is 8.77. The first-order chi connectivity index (χ1) is 4.31. The number of hydrogen-bond donors (Lipinski definition) is 4. The first-order valence-electron chi connectivity index (χ1n) is 3.03. The molecule has 0 heterocycles. The van der Waals surface area contributed by atoms with E-state index in [2.05, 4.69) is 5.32 Å². The number of aliphatic hydroxyl groups excluding tert-OH is 2. The largest absolute Gasteiger partial charge is 0.396 e. The van der Waals surface area contributed by atoms with Crippen molar-refractivity contribution in [1.29, 1.82) is 0 Å². The molecule has 1 unspecified atom stereocenters. The van der Waals surface area contributed by atoms with Crippen molar-refractivity contribution >= 4 is 0 Å². The van der Waals surface area contributed by atoms with Crippen LogP contribution in [0, 0.1) is 0 Å². The van der Waals surface area contributed by atoms with Gasteiger partial charge in [0.15, 0.2) is 0 Å². The van der Waals surface area contributed by atoms with Crippen LogP contribution in [0.1, 0.15) is 6.42 Å². The lowest BCUT2D eigenvalue weighted by Crippen LogP contribution is -2.36. The van der Waals surface area contributed by atoms with E-state index in [1.165, 1.54) is 0 Å². The summed E-state index contributed by atoms with van der Waals surface area (Å²) >= 11 is 0. The molecule has 0 aliphatic rings. The number of rotatable bonds is 5. The highest BCUT2D eigenvalue weighted by molar-refractivity contribution is 4.51. The second-order valence-electron chi connectivity index (χ2n) is 1.78. The van der Waals surface area contributed by atoms with Crippen molar-refractivity contribution in [3.8, 4) is 0 Å². The van der Waals surface area contributed by atoms with Gasteiger partial charge in [0.1, 0.15) is 6.23 Å². The Balaban J connectivity index is 2.88. The van der Waals surface area contributed by atoms with E-state index in [4.69, 9.17) is 15.9 Å². The standard InChI is InChI=1S/C5H14N2O2/c6-4-5(9)7-2-1-3-8/h5,7-9H,1-4,6H2. The van der Waals surface area contributed by atoms with E-state index in [1.54, 1.807) is 0 Å². The third kappa shape index (κ3) is 5.72. The SMILES string of the molecule is NCC(O)NCCCO. The molecule has 0 aromatic heterocycles. The van der Waals surface area contributed by atoms with E-state index < -0.39 is 6.23 Å². The summed E-state index contributed by atoms with van der Waals surface area (Å²) in [6, 6.07) is 0. The summed E-state index contributed by atoms with van der Waals surface area (Å²) in [5.74, 6) is 0. The average molecular weight is 134 g/mol. The topological polar surface area (TPSA) is 78.5 Å². The van der Waals surface area contributed by atoms with Crippen LogP contribution < -0.4 is 11.1 Å². The predicted octanol–water partition coefficient (Wildman–Crippen LogP) is -1.76. The lowest BCUT2D eigenvalue weighted by atomic mass is 10.4. The molecule has 0 saturated carbocycles. The smallest absolute Gasteiger partial charge is 0.117 e. The highest BCUT2D eigenvalue weighted by Gasteiger charge is 1.95. The van der Waals surface area contributed by atoms with Crippen LogP contribution in [0.2, 0.25) is 0 Å². The molecule has 0 spiro atoms. The molecule has 4 heteroatoms. The summed E-state index contributed by atoms with van der Waals surface area (Å²) in [5, 5.41) is 19.8. The molecule has 0 amide bonds. The first kappa shape index (κ1) is 8.84. The molecule has 0 radical (unpaired) electrons. The van der Waals surface area contributed by atoms with Gasteiger partial charge >= 0.3 is 0 Å². The van der Waals surface area contributed by atoms with Gasteiger partial charge in [-0.3, -0.25) is 5.32 Å². The monoisotopic (exact) mass is 134 g/mol. The molecule has 0 fully saturated rings. The van der Waals surface area contributed by atoms with Crippen molar-refractivity contribution in [1.82, 2.24) is 5.32 Å². The molecule has 0 aliphatic heterocycles. The number of aliphatic hydroxyl groups is 2. The first-order valence-corrected chi connectivity index (χ1v) is 3.03. The van der Waals surface area contributed by atoms with E-state index in [0.29, 0.717) is 13.0 Å². The maximum Gasteiger partial charge on any atom is 0.117 e. The van der Waals surface area contributed by atoms with Crippen molar-refractivity contribution in [2.45, 2.75) is 12.6 Å². The van der Waals surface area contributed by atoms with Gasteiger partial charge in [-0.15, -0.1) is 0 Å². The summed E-state index contributed by atoms with van der Waals surface area (Å²) in [7, 11) is 0. The molecule has 9 heavy (non-hydrogen) atoms. The Kier molecular flexibility index (Phi) is 5.86. The fourth-order valence-electron chi connectivity index (χ4n) is 0.431. The molecular formula is C5H14N2O2. The molecule has 0 saturated heterocycles. The van der Waals surface area contributed by atoms with E-state index in [-0.39, 0.29) is 13.2 Å². The second kappa shape index (κ2) is 5.97. The Labute approximate surface area is 54.7 Å². The van der Waals surface area contributed by atoms with E-state index >= 15 is 0 Å². The summed E-state index contributed by atoms with van der Waals surface area (Å²) < 4.78 is 0. The van der Waals surface area contributed by atoms with Gasteiger partial charge in [-0.05, 0) is 13.0 Å². The Morgan fingerprint density at radius 2 is 2.22 bits per heavy atom. The summed E-state index contributed by atoms with van der Waals surface area (Å²) in [5.41, 5.74) is 5.08. The Hall–Kier alpha value is -0.160. The molecule has 56 valence electrons. The Morgan fingerprint density at radius 1 is 1.56 bits per heavy atom. The molecule has 0 bridgehead atoms. The zero-order valence-electron chi connectivity index (χ0n) is 5.38. The molecule has 0 aliphatic carbocycles. The van der Waals surface area contributed by atoms with Crippen molar-refractivity contribution in [2.75, 3.05) is 19.7 Å². The van der Waals surface area contributed by atoms with Crippen LogP contribution in [0.5, 0.6) is 0 Å². The van der Waals surface area contributed by atoms with Crippen LogP contribution in [0.25, 0.3) is 0 Å². The fraction of sp³-hybridized carbons (Fsp3) is 1.00. The van der Waals surface area contributed by atoms with Gasteiger partial charge in [0, 0.05) is 13.2 Å². The minimum absolute atomic E-state index is 0.143. The summed E-state index contributed by atoms with van der Waals surface area (Å²) in [6.07, 6.45) is 0.0217. The van der Waals surface area contributed by atoms with Crippen molar-refractivity contribution in [2.24, 2.45) is 5.73 Å². The van der Waals surface area contributed by atoms with Crippen molar-refractivity contribution < 1.29 is 10.2 Å². The zero-order valence-corrected chi connectivity index (χ0v) is 5.38. The highest BCUT2D eigenvalue weighted by atomic mass is 16.3. The van der Waals surface area contributed by atoms with E-state index in [1.807, 2.05) is 0 Å². The minimum atomic E-state index is -0.628. The number of nitrogens with two attached hydrogens (primary N) is 1. The Bertz CT molecular complexity index is 60.9. The van der Waals surface area contributed by atoms with Crippen molar-refractivity contribution in [3.63, 3.8) is 0 Å². The predicted molar refractivity (Wildman–Crippen MR) is 34.8 cm³/mol. The fourth-order valence-corrected chi connectivity index (χ4v) is 0.431. The second-order valence-corrected chi connectivity index (χ2v) is 1.78. The molecule has 1 atom stereocenters. The van der Waals surface area contributed by atoms with Crippen LogP contribution in [-0.2, 0) is 0 Å². The lowest BCUT2D eigenvalue weighted by Gasteiger charge is -2.07. The van der Waals surface area contributed by atoms with E-state index in [0.717, 1.165) is 0 Å². The van der Waals surface area contributed by atoms with Gasteiger partial charge in [0.2, 0.25) is 0 Å². The van der Waals surface area contributed by atoms with Gasteiger partial charge in [-0.1, -0.05) is 0 Å². The van der Waals surface area contributed by atoms with Gasteiger partial charge in [-0.25, -0.2) is 0 Å². The number of hydrogen-bond acceptors (Lipinski definition) is 4. The van der Waals surface area contributed by atoms with Gasteiger partial charge in [0.25, 0.3) is 0 Å². The van der Waals surface area contributed by atoms with Gasteiger partial charge in [0.05, 0.1) is 0 Å². The van der Waals surface area contributed by atoms with Crippen LogP contribution in [0.4, 0.5) is 0 Å². The lowest BCUT2D eigenvalue weighted by molar-refractivity contribution is 0.142. The minimum Gasteiger partial charge on any atom is -0.396 e. The maximum absolute atomic E-state index is 8.77. The molecule has 4 nitrogen and oxygen atoms in total. The molecule has 0 aromatic rings. The number of nitrogens with one attached hydrogen (secondary N) is 1. The molecule has 0 rings (SSSR count). The van der Waals surface area contributed by atoms with Crippen molar-refractivity contribution in [3.05, 3.63) is 0 Å². The molecule has 0 aromatic carbocycles. The normalized spacial score (nSPS) is 13.7. The van der Waals surface area contributed by atoms with Gasteiger partial charge in [-0.2, -0.15) is 0 Å². The highest BCUT2D eigenvalue weighted by Crippen LogP contribution is 1.74. The quantitative estimate of drug-likeness (QED) is 0.265. The van der Waals surface area contributed by atoms with E-state index in [9.17, 15) is 0 Å². The molecular weight excluding hydrogens is 120 g/mol. The van der Waals surface area contributed by atoms with Crippen LogP contribution in [0.3, 0.4) is 0 Å².